The van der Waals surface area contributed by atoms with Gasteiger partial charge in [0.2, 0.25) is 0 Å². The van der Waals surface area contributed by atoms with E-state index < -0.39 is 4.92 Å². The van der Waals surface area contributed by atoms with Gasteiger partial charge in [-0.15, -0.1) is 0 Å². The van der Waals surface area contributed by atoms with Crippen molar-refractivity contribution in [1.29, 1.82) is 0 Å². The minimum Gasteiger partial charge on any atom is -0.317 e. The van der Waals surface area contributed by atoms with Gasteiger partial charge in [0.1, 0.15) is 5.82 Å². The monoisotopic (exact) mass is 423 g/mol. The second kappa shape index (κ2) is 7.41. The molecule has 7 heteroatoms. The maximum absolute atomic E-state index is 14.3. The van der Waals surface area contributed by atoms with Crippen molar-refractivity contribution in [2.75, 3.05) is 18.0 Å². The molecule has 6 nitrogen and oxygen atoms in total. The van der Waals surface area contributed by atoms with E-state index in [-0.39, 0.29) is 28.9 Å². The van der Waals surface area contributed by atoms with Crippen LogP contribution in [0.1, 0.15) is 53.6 Å². The first-order valence-electron chi connectivity index (χ1n) is 11.0. The number of carbonyl (C=O) groups is 1. The minimum atomic E-state index is -0.449. The molecule has 1 saturated heterocycles. The van der Waals surface area contributed by atoms with E-state index in [0.717, 1.165) is 56.4 Å². The summed E-state index contributed by atoms with van der Waals surface area (Å²) >= 11 is 0. The highest BCUT2D eigenvalue weighted by Crippen LogP contribution is 2.54. The summed E-state index contributed by atoms with van der Waals surface area (Å²) in [6, 6.07) is 9.33. The Balaban J connectivity index is 1.63. The molecule has 0 unspecified atom stereocenters. The second-order valence-electron chi connectivity index (χ2n) is 9.20. The molecule has 0 bridgehead atoms. The summed E-state index contributed by atoms with van der Waals surface area (Å²) in [7, 11) is 0. The average molecular weight is 423 g/mol. The summed E-state index contributed by atoms with van der Waals surface area (Å²) in [5.74, 6) is 0.0534. The van der Waals surface area contributed by atoms with Crippen molar-refractivity contribution in [2.45, 2.75) is 50.5 Å². The van der Waals surface area contributed by atoms with E-state index in [1.807, 2.05) is 4.90 Å². The quantitative estimate of drug-likeness (QED) is 0.581. The molecule has 1 spiro atoms. The molecule has 5 rings (SSSR count). The Morgan fingerprint density at radius 1 is 1.23 bits per heavy atom. The first-order valence-corrected chi connectivity index (χ1v) is 11.0. The molecular weight excluding hydrogens is 397 g/mol. The van der Waals surface area contributed by atoms with Crippen LogP contribution in [0.4, 0.5) is 15.8 Å². The number of nitro benzene ring substituents is 1. The minimum absolute atomic E-state index is 0.0558. The van der Waals surface area contributed by atoms with Crippen LogP contribution in [0, 0.1) is 28.8 Å². The van der Waals surface area contributed by atoms with Crippen LogP contribution in [0.3, 0.4) is 0 Å². The molecule has 2 aromatic rings. The molecule has 1 aliphatic carbocycles. The predicted molar refractivity (Wildman–Crippen MR) is 116 cm³/mol. The topological polar surface area (TPSA) is 75.5 Å². The van der Waals surface area contributed by atoms with E-state index in [1.165, 1.54) is 12.1 Å². The van der Waals surface area contributed by atoms with Crippen LogP contribution in [0.25, 0.3) is 0 Å². The number of nitrogens with zero attached hydrogens (tertiary/aromatic N) is 2. The van der Waals surface area contributed by atoms with Gasteiger partial charge in [-0.1, -0.05) is 18.9 Å². The Labute approximate surface area is 180 Å². The number of halogens is 1. The van der Waals surface area contributed by atoms with Crippen molar-refractivity contribution in [3.05, 3.63) is 69.0 Å². The number of rotatable bonds is 4. The highest BCUT2D eigenvalue weighted by molar-refractivity contribution is 6.08. The first kappa shape index (κ1) is 20.1. The second-order valence-corrected chi connectivity index (χ2v) is 9.20. The van der Waals surface area contributed by atoms with Crippen LogP contribution < -0.4 is 10.2 Å². The van der Waals surface area contributed by atoms with Gasteiger partial charge >= 0.3 is 0 Å². The van der Waals surface area contributed by atoms with Crippen molar-refractivity contribution in [1.82, 2.24) is 5.32 Å². The Kier molecular flexibility index (Phi) is 4.81. The molecule has 1 atom stereocenters. The summed E-state index contributed by atoms with van der Waals surface area (Å²) in [4.78, 5) is 26.6. The van der Waals surface area contributed by atoms with E-state index in [1.54, 1.807) is 31.2 Å². The van der Waals surface area contributed by atoms with Crippen molar-refractivity contribution in [2.24, 2.45) is 5.92 Å². The summed E-state index contributed by atoms with van der Waals surface area (Å²) < 4.78 is 14.3. The number of nitrogens with one attached hydrogen (secondary N) is 1. The number of carbonyl (C=O) groups excluding carboxylic acids is 1. The van der Waals surface area contributed by atoms with E-state index in [0.29, 0.717) is 17.0 Å². The summed E-state index contributed by atoms with van der Waals surface area (Å²) in [6.07, 6.45) is 4.90. The third-order valence-corrected chi connectivity index (χ3v) is 7.32. The number of benzene rings is 2. The SMILES string of the molecule is Cc1ccc(C(=O)N2c3ccc(F)cc3C3(CCNCC3)[C@H]2CC2CC2)cc1[N+](=O)[O-]. The van der Waals surface area contributed by atoms with Gasteiger partial charge in [-0.3, -0.25) is 14.9 Å². The van der Waals surface area contributed by atoms with Crippen LogP contribution in [-0.4, -0.2) is 30.0 Å². The number of piperidine rings is 1. The third-order valence-electron chi connectivity index (χ3n) is 7.32. The van der Waals surface area contributed by atoms with Crippen molar-refractivity contribution >= 4 is 17.3 Å². The number of anilines is 1. The highest BCUT2D eigenvalue weighted by Gasteiger charge is 2.54. The molecular formula is C24H26FN3O3. The molecule has 162 valence electrons. The lowest BCUT2D eigenvalue weighted by atomic mass is 9.68. The summed E-state index contributed by atoms with van der Waals surface area (Å²) in [6.45, 7) is 3.32. The molecule has 1 amide bonds. The largest absolute Gasteiger partial charge is 0.317 e. The molecule has 0 radical (unpaired) electrons. The fraction of sp³-hybridized carbons (Fsp3) is 0.458. The molecule has 0 aromatic heterocycles. The smallest absolute Gasteiger partial charge is 0.273 e. The zero-order valence-corrected chi connectivity index (χ0v) is 17.6. The number of hydrogen-bond donors (Lipinski definition) is 1. The van der Waals surface area contributed by atoms with Gasteiger partial charge in [-0.2, -0.15) is 0 Å². The maximum Gasteiger partial charge on any atom is 0.273 e. The Morgan fingerprint density at radius 3 is 2.65 bits per heavy atom. The Bertz CT molecular complexity index is 1060. The summed E-state index contributed by atoms with van der Waals surface area (Å²) in [5.41, 5.74) is 2.16. The van der Waals surface area contributed by atoms with Crippen LogP contribution >= 0.6 is 0 Å². The molecule has 3 aliphatic rings. The van der Waals surface area contributed by atoms with E-state index >= 15 is 0 Å². The lowest BCUT2D eigenvalue weighted by Crippen LogP contribution is -2.52. The third kappa shape index (κ3) is 3.31. The van der Waals surface area contributed by atoms with Gasteiger partial charge in [-0.25, -0.2) is 4.39 Å². The number of fused-ring (bicyclic) bond motifs is 2. The standard InChI is InChI=1S/C24H26FN3O3/c1-15-2-5-17(13-21(15)28(30)31)23(29)27-20-7-6-18(25)14-19(20)24(8-10-26-11-9-24)22(27)12-16-3-4-16/h2,5-7,13-14,16,22,26H,3-4,8-12H2,1H3/t22-/m1/s1. The number of hydrogen-bond acceptors (Lipinski definition) is 4. The molecule has 31 heavy (non-hydrogen) atoms. The predicted octanol–water partition coefficient (Wildman–Crippen LogP) is 4.49. The van der Waals surface area contributed by atoms with E-state index in [9.17, 15) is 19.3 Å². The van der Waals surface area contributed by atoms with Crippen LogP contribution in [-0.2, 0) is 5.41 Å². The van der Waals surface area contributed by atoms with Gasteiger partial charge in [0.05, 0.1) is 4.92 Å². The van der Waals surface area contributed by atoms with Crippen molar-refractivity contribution < 1.29 is 14.1 Å². The number of aryl methyl sites for hydroxylation is 1. The highest BCUT2D eigenvalue weighted by atomic mass is 19.1. The van der Waals surface area contributed by atoms with E-state index in [4.69, 9.17) is 0 Å². The molecule has 2 fully saturated rings. The van der Waals surface area contributed by atoms with Gasteiger partial charge in [0.15, 0.2) is 0 Å². The van der Waals surface area contributed by atoms with Crippen LogP contribution in [0.5, 0.6) is 0 Å². The van der Waals surface area contributed by atoms with E-state index in [2.05, 4.69) is 5.32 Å². The summed E-state index contributed by atoms with van der Waals surface area (Å²) in [5, 5.41) is 14.8. The van der Waals surface area contributed by atoms with Gasteiger partial charge in [0.25, 0.3) is 11.6 Å². The molecule has 2 aromatic carbocycles. The van der Waals surface area contributed by atoms with Gasteiger partial charge in [0, 0.05) is 34.3 Å². The maximum atomic E-state index is 14.3. The fourth-order valence-corrected chi connectivity index (χ4v) is 5.52. The van der Waals surface area contributed by atoms with Crippen LogP contribution in [0.15, 0.2) is 36.4 Å². The molecule has 2 aliphatic heterocycles. The lowest BCUT2D eigenvalue weighted by molar-refractivity contribution is -0.385. The van der Waals surface area contributed by atoms with Gasteiger partial charge in [-0.05, 0) is 75.0 Å². The van der Waals surface area contributed by atoms with Gasteiger partial charge < -0.3 is 10.2 Å². The first-order chi connectivity index (χ1) is 14.9. The Morgan fingerprint density at radius 2 is 1.97 bits per heavy atom. The lowest BCUT2D eigenvalue weighted by Gasteiger charge is -2.42. The van der Waals surface area contributed by atoms with Crippen molar-refractivity contribution in [3.8, 4) is 0 Å². The fourth-order valence-electron chi connectivity index (χ4n) is 5.52. The zero-order valence-electron chi connectivity index (χ0n) is 17.6. The Hall–Kier alpha value is -2.80. The number of nitro groups is 1. The molecule has 2 heterocycles. The average Bonchev–Trinajstić information content (AvgIpc) is 3.55. The van der Waals surface area contributed by atoms with Crippen molar-refractivity contribution in [3.63, 3.8) is 0 Å². The normalized spacial score (nSPS) is 21.9. The molecule has 1 saturated carbocycles. The molecule has 1 N–H and O–H groups in total. The zero-order chi connectivity index (χ0) is 21.8. The number of amides is 1. The van der Waals surface area contributed by atoms with Crippen LogP contribution in [0.2, 0.25) is 0 Å².